The summed E-state index contributed by atoms with van der Waals surface area (Å²) in [5.41, 5.74) is 1.14. The monoisotopic (exact) mass is 185 g/mol. The van der Waals surface area contributed by atoms with E-state index in [2.05, 4.69) is 5.92 Å². The van der Waals surface area contributed by atoms with E-state index in [4.69, 9.17) is 11.2 Å². The number of hydrogen-bond acceptors (Lipinski definition) is 1. The van der Waals surface area contributed by atoms with E-state index in [1.54, 1.807) is 7.11 Å². The Labute approximate surface area is 83.1 Å². The van der Waals surface area contributed by atoms with Crippen LogP contribution in [0.5, 0.6) is 5.75 Å². The number of ether oxygens (including phenoxy) is 1. The normalized spacial score (nSPS) is 10.0. The van der Waals surface area contributed by atoms with Crippen molar-refractivity contribution in [1.29, 1.82) is 0 Å². The van der Waals surface area contributed by atoms with Gasteiger partial charge in [0.15, 0.2) is 0 Å². The maximum Gasteiger partial charge on any atom is 0.119 e. The largest absolute Gasteiger partial charge is 0.497 e. The van der Waals surface area contributed by atoms with E-state index in [0.717, 1.165) is 16.7 Å². The molecule has 0 aliphatic heterocycles. The molecule has 0 saturated carbocycles. The van der Waals surface area contributed by atoms with Gasteiger partial charge in [0.2, 0.25) is 0 Å². The average molecular weight is 185 g/mol. The summed E-state index contributed by atoms with van der Waals surface area (Å²) in [4.78, 5) is 0. The van der Waals surface area contributed by atoms with Crippen LogP contribution in [0, 0.1) is 12.3 Å². The molecule has 2 nitrogen and oxygen atoms in total. The van der Waals surface area contributed by atoms with Crippen LogP contribution >= 0.6 is 0 Å². The summed E-state index contributed by atoms with van der Waals surface area (Å²) in [5.74, 6) is 3.49. The van der Waals surface area contributed by atoms with Crippen molar-refractivity contribution in [3.05, 3.63) is 30.5 Å². The quantitative estimate of drug-likeness (QED) is 0.655. The molecule has 0 spiro atoms. The van der Waals surface area contributed by atoms with Crippen LogP contribution in [-0.4, -0.2) is 11.7 Å². The second-order valence-corrected chi connectivity index (χ2v) is 3.07. The first-order chi connectivity index (χ1) is 6.85. The molecule has 0 aliphatic rings. The molecule has 0 atom stereocenters. The molecule has 0 radical (unpaired) electrons. The highest BCUT2D eigenvalue weighted by atomic mass is 16.5. The molecule has 0 aliphatic carbocycles. The summed E-state index contributed by atoms with van der Waals surface area (Å²) in [6, 6.07) is 8.00. The summed E-state index contributed by atoms with van der Waals surface area (Å²) >= 11 is 0. The summed E-state index contributed by atoms with van der Waals surface area (Å²) in [7, 11) is 1.67. The van der Waals surface area contributed by atoms with Gasteiger partial charge in [0.25, 0.3) is 0 Å². The third kappa shape index (κ3) is 1.33. The van der Waals surface area contributed by atoms with Gasteiger partial charge in [-0.2, -0.15) is 0 Å². The second kappa shape index (κ2) is 3.47. The lowest BCUT2D eigenvalue weighted by Gasteiger charge is -2.01. The SMILES string of the molecule is C#CCn1ccc2cc(OC)ccc21. The van der Waals surface area contributed by atoms with Crippen molar-refractivity contribution in [3.8, 4) is 18.1 Å². The molecule has 2 aromatic rings. The van der Waals surface area contributed by atoms with Crippen LogP contribution in [0.4, 0.5) is 0 Å². The Morgan fingerprint density at radius 1 is 1.43 bits per heavy atom. The molecule has 0 saturated heterocycles. The van der Waals surface area contributed by atoms with Crippen molar-refractivity contribution in [2.24, 2.45) is 0 Å². The fraction of sp³-hybridized carbons (Fsp3) is 0.167. The molecule has 0 N–H and O–H groups in total. The number of benzene rings is 1. The van der Waals surface area contributed by atoms with Gasteiger partial charge >= 0.3 is 0 Å². The smallest absolute Gasteiger partial charge is 0.119 e. The van der Waals surface area contributed by atoms with Crippen LogP contribution in [0.25, 0.3) is 10.9 Å². The van der Waals surface area contributed by atoms with Gasteiger partial charge in [-0.3, -0.25) is 0 Å². The molecular weight excluding hydrogens is 174 g/mol. The van der Waals surface area contributed by atoms with Gasteiger partial charge in [0.05, 0.1) is 13.7 Å². The molecule has 1 heterocycles. The number of hydrogen-bond donors (Lipinski definition) is 0. The summed E-state index contributed by atoms with van der Waals surface area (Å²) in [5, 5.41) is 1.15. The number of methoxy groups -OCH3 is 1. The topological polar surface area (TPSA) is 14.2 Å². The second-order valence-electron chi connectivity index (χ2n) is 3.07. The van der Waals surface area contributed by atoms with Gasteiger partial charge in [-0.25, -0.2) is 0 Å². The van der Waals surface area contributed by atoms with Crippen molar-refractivity contribution < 1.29 is 4.74 Å². The van der Waals surface area contributed by atoms with E-state index in [1.165, 1.54) is 0 Å². The third-order valence-electron chi connectivity index (χ3n) is 2.24. The fourth-order valence-electron chi connectivity index (χ4n) is 1.54. The minimum Gasteiger partial charge on any atom is -0.497 e. The lowest BCUT2D eigenvalue weighted by molar-refractivity contribution is 0.415. The molecule has 2 heteroatoms. The van der Waals surface area contributed by atoms with Crippen molar-refractivity contribution in [2.45, 2.75) is 6.54 Å². The maximum absolute atomic E-state index is 5.27. The van der Waals surface area contributed by atoms with E-state index in [-0.39, 0.29) is 0 Å². The number of nitrogens with zero attached hydrogens (tertiary/aromatic N) is 1. The first kappa shape index (κ1) is 8.71. The number of aromatic nitrogens is 1. The van der Waals surface area contributed by atoms with Crippen molar-refractivity contribution in [1.82, 2.24) is 4.57 Å². The predicted molar refractivity (Wildman–Crippen MR) is 57.3 cm³/mol. The number of fused-ring (bicyclic) bond motifs is 1. The molecule has 2 rings (SSSR count). The Bertz CT molecular complexity index is 490. The minimum absolute atomic E-state index is 0.607. The van der Waals surface area contributed by atoms with E-state index in [9.17, 15) is 0 Å². The van der Waals surface area contributed by atoms with Gasteiger partial charge in [-0.05, 0) is 24.3 Å². The van der Waals surface area contributed by atoms with Crippen molar-refractivity contribution in [2.75, 3.05) is 7.11 Å². The predicted octanol–water partition coefficient (Wildman–Crippen LogP) is 2.28. The first-order valence-electron chi connectivity index (χ1n) is 4.41. The zero-order chi connectivity index (χ0) is 9.97. The lowest BCUT2D eigenvalue weighted by Crippen LogP contribution is -1.92. The zero-order valence-corrected chi connectivity index (χ0v) is 8.03. The molecule has 0 bridgehead atoms. The van der Waals surface area contributed by atoms with Gasteiger partial charge in [0.1, 0.15) is 5.75 Å². The lowest BCUT2D eigenvalue weighted by atomic mass is 10.2. The van der Waals surface area contributed by atoms with Crippen LogP contribution in [0.2, 0.25) is 0 Å². The van der Waals surface area contributed by atoms with Crippen LogP contribution in [-0.2, 0) is 6.54 Å². The summed E-state index contributed by atoms with van der Waals surface area (Å²) in [6.45, 7) is 0.607. The fourth-order valence-corrected chi connectivity index (χ4v) is 1.54. The highest BCUT2D eigenvalue weighted by molar-refractivity contribution is 5.81. The minimum atomic E-state index is 0.607. The third-order valence-corrected chi connectivity index (χ3v) is 2.24. The highest BCUT2D eigenvalue weighted by Crippen LogP contribution is 2.21. The molecule has 0 unspecified atom stereocenters. The molecule has 70 valence electrons. The first-order valence-corrected chi connectivity index (χ1v) is 4.41. The molecule has 1 aromatic heterocycles. The molecule has 1 aromatic carbocycles. The Morgan fingerprint density at radius 3 is 3.00 bits per heavy atom. The maximum atomic E-state index is 5.27. The molecule has 14 heavy (non-hydrogen) atoms. The summed E-state index contributed by atoms with van der Waals surface area (Å²) in [6.07, 6.45) is 7.26. The van der Waals surface area contributed by atoms with Crippen LogP contribution in [0.1, 0.15) is 0 Å². The Morgan fingerprint density at radius 2 is 2.29 bits per heavy atom. The number of rotatable bonds is 2. The van der Waals surface area contributed by atoms with Crippen LogP contribution < -0.4 is 4.74 Å². The van der Waals surface area contributed by atoms with Crippen molar-refractivity contribution >= 4 is 10.9 Å². The van der Waals surface area contributed by atoms with E-state index >= 15 is 0 Å². The van der Waals surface area contributed by atoms with Gasteiger partial charge in [-0.1, -0.05) is 5.92 Å². The van der Waals surface area contributed by atoms with E-state index in [0.29, 0.717) is 6.54 Å². The highest BCUT2D eigenvalue weighted by Gasteiger charge is 2.00. The standard InChI is InChI=1S/C12H11NO/c1-3-7-13-8-6-10-9-11(14-2)4-5-12(10)13/h1,4-6,8-9H,7H2,2H3. The van der Waals surface area contributed by atoms with Crippen molar-refractivity contribution in [3.63, 3.8) is 0 Å². The summed E-state index contributed by atoms with van der Waals surface area (Å²) < 4.78 is 7.18. The molecule has 0 amide bonds. The zero-order valence-electron chi connectivity index (χ0n) is 8.03. The molecular formula is C12H11NO. The van der Waals surface area contributed by atoms with Gasteiger partial charge < -0.3 is 9.30 Å². The Kier molecular flexibility index (Phi) is 2.16. The van der Waals surface area contributed by atoms with Gasteiger partial charge in [0, 0.05) is 17.1 Å². The van der Waals surface area contributed by atoms with Crippen LogP contribution in [0.3, 0.4) is 0 Å². The Balaban J connectivity index is 2.55. The van der Waals surface area contributed by atoms with Gasteiger partial charge in [-0.15, -0.1) is 6.42 Å². The molecule has 0 fully saturated rings. The van der Waals surface area contributed by atoms with E-state index in [1.807, 2.05) is 35.0 Å². The van der Waals surface area contributed by atoms with Crippen LogP contribution in [0.15, 0.2) is 30.5 Å². The van der Waals surface area contributed by atoms with E-state index < -0.39 is 0 Å². The average Bonchev–Trinajstić information content (AvgIpc) is 2.61. The number of terminal acetylenes is 1. The Hall–Kier alpha value is -1.88.